The van der Waals surface area contributed by atoms with Crippen molar-refractivity contribution in [2.24, 2.45) is 5.92 Å². The first-order chi connectivity index (χ1) is 44.8. The highest BCUT2D eigenvalue weighted by Gasteiger charge is 2.47. The number of ether oxygens (including phenoxy) is 4. The lowest BCUT2D eigenvalue weighted by Gasteiger charge is -2.46. The standard InChI is InChI=1S/C86H170O5/c1-10-17-24-31-38-41-44-47-53-60-67-76-82(73-64-57-50-34-27-20-13-4)89-86(81(71-63-56-37-30-23-16-7)72-70-79-88-85(87)80(8)9,90-83(74-65-58-51-35-28-21-14-5)77-68-61-54-48-45-42-39-32-25-18-11-2)91-84(75-66-59-52-36-29-22-15-6)78-69-62-55-49-46-43-40-33-26-19-12-3/h81-84H,8,10-79H2,1-7,9H3. The zero-order chi connectivity index (χ0) is 66.3. The fourth-order valence-corrected chi connectivity index (χ4v) is 14.2. The van der Waals surface area contributed by atoms with Crippen molar-refractivity contribution in [3.63, 3.8) is 0 Å². The first kappa shape index (κ1) is 90.1. The average Bonchev–Trinajstić information content (AvgIpc) is 1.76. The summed E-state index contributed by atoms with van der Waals surface area (Å²) in [5, 5.41) is 0. The minimum atomic E-state index is -1.15. The maximum absolute atomic E-state index is 13.1. The molecule has 91 heavy (non-hydrogen) atoms. The largest absolute Gasteiger partial charge is 0.462 e. The molecule has 4 unspecified atom stereocenters. The molecule has 0 aromatic rings. The number of hydrogen-bond donors (Lipinski definition) is 0. The van der Waals surface area contributed by atoms with Crippen molar-refractivity contribution in [3.8, 4) is 0 Å². The van der Waals surface area contributed by atoms with Gasteiger partial charge in [-0.2, -0.15) is 0 Å². The molecule has 0 N–H and O–H groups in total. The first-order valence-corrected chi connectivity index (χ1v) is 42.6. The zero-order valence-electron chi connectivity index (χ0n) is 64.1. The van der Waals surface area contributed by atoms with E-state index in [-0.39, 0.29) is 30.2 Å². The van der Waals surface area contributed by atoms with E-state index in [1.165, 1.54) is 379 Å². The van der Waals surface area contributed by atoms with E-state index < -0.39 is 5.97 Å². The summed E-state index contributed by atoms with van der Waals surface area (Å²) in [4.78, 5) is 13.1. The van der Waals surface area contributed by atoms with Crippen LogP contribution in [0.5, 0.6) is 0 Å². The van der Waals surface area contributed by atoms with E-state index >= 15 is 0 Å². The molecule has 0 aliphatic rings. The fourth-order valence-electron chi connectivity index (χ4n) is 14.2. The van der Waals surface area contributed by atoms with Gasteiger partial charge in [-0.15, -0.1) is 0 Å². The van der Waals surface area contributed by atoms with Crippen molar-refractivity contribution in [2.75, 3.05) is 6.61 Å². The second-order valence-electron chi connectivity index (χ2n) is 29.8. The topological polar surface area (TPSA) is 54.0 Å². The molecule has 544 valence electrons. The molecule has 0 amide bonds. The monoisotopic (exact) mass is 1280 g/mol. The third-order valence-electron chi connectivity index (χ3n) is 20.5. The van der Waals surface area contributed by atoms with Crippen molar-refractivity contribution < 1.29 is 23.7 Å². The lowest BCUT2D eigenvalue weighted by molar-refractivity contribution is -0.443. The van der Waals surface area contributed by atoms with E-state index in [2.05, 4.69) is 55.0 Å². The fraction of sp³-hybridized carbons (Fsp3) is 0.965. The van der Waals surface area contributed by atoms with Crippen LogP contribution in [0.25, 0.3) is 0 Å². The molecule has 0 spiro atoms. The smallest absolute Gasteiger partial charge is 0.333 e. The lowest BCUT2D eigenvalue weighted by Crippen LogP contribution is -2.53. The summed E-state index contributed by atoms with van der Waals surface area (Å²) in [7, 11) is 0. The highest BCUT2D eigenvalue weighted by Crippen LogP contribution is 2.42. The summed E-state index contributed by atoms with van der Waals surface area (Å²) < 4.78 is 30.9. The lowest BCUT2D eigenvalue weighted by atomic mass is 9.91. The van der Waals surface area contributed by atoms with Gasteiger partial charge in [-0.25, -0.2) is 4.79 Å². The number of carbonyl (C=O) groups is 1. The number of hydrogen-bond acceptors (Lipinski definition) is 5. The van der Waals surface area contributed by atoms with Crippen LogP contribution in [0.2, 0.25) is 0 Å². The van der Waals surface area contributed by atoms with Gasteiger partial charge in [0, 0.05) is 11.5 Å². The summed E-state index contributed by atoms with van der Waals surface area (Å²) in [6, 6.07) is 0. The highest BCUT2D eigenvalue weighted by molar-refractivity contribution is 5.86. The molecule has 0 bridgehead atoms. The summed E-state index contributed by atoms with van der Waals surface area (Å²) in [6.07, 6.45) is 89.4. The number of rotatable bonds is 79. The summed E-state index contributed by atoms with van der Waals surface area (Å²) in [6.45, 7) is 22.5. The molecular formula is C86H170O5. The van der Waals surface area contributed by atoms with Crippen LogP contribution in [0.15, 0.2) is 12.2 Å². The number of esters is 1. The van der Waals surface area contributed by atoms with E-state index in [0.29, 0.717) is 12.2 Å². The first-order valence-electron chi connectivity index (χ1n) is 42.6. The Labute approximate surface area is 574 Å². The minimum absolute atomic E-state index is 0.0406. The van der Waals surface area contributed by atoms with Crippen LogP contribution in [0.1, 0.15) is 498 Å². The second-order valence-corrected chi connectivity index (χ2v) is 29.8. The van der Waals surface area contributed by atoms with E-state index in [4.69, 9.17) is 18.9 Å². The maximum atomic E-state index is 13.1. The molecule has 5 heteroatoms. The Morgan fingerprint density at radius 3 is 0.604 bits per heavy atom. The van der Waals surface area contributed by atoms with Crippen LogP contribution < -0.4 is 0 Å². The summed E-state index contributed by atoms with van der Waals surface area (Å²) in [5.41, 5.74) is 0.481. The predicted molar refractivity (Wildman–Crippen MR) is 405 cm³/mol. The summed E-state index contributed by atoms with van der Waals surface area (Å²) in [5.74, 6) is -1.38. The van der Waals surface area contributed by atoms with Gasteiger partial charge in [0.05, 0.1) is 24.9 Å². The van der Waals surface area contributed by atoms with Crippen LogP contribution in [0, 0.1) is 5.92 Å². The van der Waals surface area contributed by atoms with Gasteiger partial charge >= 0.3 is 5.97 Å². The Balaban J connectivity index is 7.92. The van der Waals surface area contributed by atoms with Crippen molar-refractivity contribution >= 4 is 5.97 Å². The van der Waals surface area contributed by atoms with Crippen LogP contribution in [0.3, 0.4) is 0 Å². The van der Waals surface area contributed by atoms with Gasteiger partial charge in [-0.3, -0.25) is 0 Å². The number of unbranched alkanes of at least 4 members (excludes halogenated alkanes) is 53. The molecule has 0 aromatic carbocycles. The van der Waals surface area contributed by atoms with Gasteiger partial charge in [0.25, 0.3) is 5.97 Å². The molecule has 0 saturated carbocycles. The third-order valence-corrected chi connectivity index (χ3v) is 20.5. The second kappa shape index (κ2) is 73.3. The highest BCUT2D eigenvalue weighted by atomic mass is 16.9. The molecule has 0 aliphatic carbocycles. The minimum Gasteiger partial charge on any atom is -0.462 e. The molecule has 0 saturated heterocycles. The Hall–Kier alpha value is -0.910. The van der Waals surface area contributed by atoms with Gasteiger partial charge in [0.2, 0.25) is 0 Å². The molecule has 0 heterocycles. The van der Waals surface area contributed by atoms with Gasteiger partial charge in [0.15, 0.2) is 0 Å². The van der Waals surface area contributed by atoms with Crippen molar-refractivity contribution in [3.05, 3.63) is 12.2 Å². The van der Waals surface area contributed by atoms with E-state index in [9.17, 15) is 4.79 Å². The third kappa shape index (κ3) is 61.2. The van der Waals surface area contributed by atoms with E-state index in [0.717, 1.165) is 64.2 Å². The Morgan fingerprint density at radius 1 is 0.253 bits per heavy atom. The average molecular weight is 1280 g/mol. The molecule has 5 nitrogen and oxygen atoms in total. The van der Waals surface area contributed by atoms with Gasteiger partial charge in [-0.1, -0.05) is 440 Å². The van der Waals surface area contributed by atoms with E-state index in [1.807, 2.05) is 0 Å². The molecule has 0 aromatic heterocycles. The van der Waals surface area contributed by atoms with Gasteiger partial charge < -0.3 is 18.9 Å². The zero-order valence-corrected chi connectivity index (χ0v) is 64.1. The quantitative estimate of drug-likeness (QED) is 0.0263. The van der Waals surface area contributed by atoms with Gasteiger partial charge in [-0.05, 0) is 64.7 Å². The molecule has 4 atom stereocenters. The normalized spacial score (nSPS) is 13.8. The van der Waals surface area contributed by atoms with E-state index in [1.54, 1.807) is 6.92 Å². The van der Waals surface area contributed by atoms with Gasteiger partial charge in [0.1, 0.15) is 0 Å². The van der Waals surface area contributed by atoms with Crippen molar-refractivity contribution in [2.45, 2.75) is 523 Å². The van der Waals surface area contributed by atoms with Crippen molar-refractivity contribution in [1.82, 2.24) is 0 Å². The summed E-state index contributed by atoms with van der Waals surface area (Å²) >= 11 is 0. The molecule has 0 rings (SSSR count). The van der Waals surface area contributed by atoms with Crippen LogP contribution in [-0.4, -0.2) is 36.9 Å². The molecule has 0 aliphatic heterocycles. The van der Waals surface area contributed by atoms with Crippen LogP contribution in [-0.2, 0) is 23.7 Å². The van der Waals surface area contributed by atoms with Crippen molar-refractivity contribution in [1.29, 1.82) is 0 Å². The number of carbonyl (C=O) groups excluding carboxylic acids is 1. The van der Waals surface area contributed by atoms with Crippen LogP contribution in [0.4, 0.5) is 0 Å². The predicted octanol–water partition coefficient (Wildman–Crippen LogP) is 30.6. The Kier molecular flexibility index (Phi) is 72.6. The SMILES string of the molecule is C=C(C)C(=O)OCCCC(CCCCCCCC)C(OC(CCCCCCCCC)CCCCCCCCCCCCC)(OC(CCCCCCCCC)CCCCCCCCCCCCC)OC(CCCCCCCCC)CCCCCCCCCCCCC. The Morgan fingerprint density at radius 2 is 0.418 bits per heavy atom. The molecular weight excluding hydrogens is 1110 g/mol. The molecule has 0 radical (unpaired) electrons. The molecule has 0 fully saturated rings. The van der Waals surface area contributed by atoms with Crippen LogP contribution >= 0.6 is 0 Å². The maximum Gasteiger partial charge on any atom is 0.333 e. The Bertz CT molecular complexity index is 1290.